The van der Waals surface area contributed by atoms with E-state index in [1.807, 2.05) is 38.4 Å². The Morgan fingerprint density at radius 2 is 1.13 bits per heavy atom. The molecule has 0 saturated carbocycles. The minimum atomic E-state index is 0.115. The van der Waals surface area contributed by atoms with Gasteiger partial charge in [0.2, 0.25) is 0 Å². The summed E-state index contributed by atoms with van der Waals surface area (Å²) >= 11 is 3.25. The topological polar surface area (TPSA) is 40.6 Å². The van der Waals surface area contributed by atoms with Crippen molar-refractivity contribution in [1.82, 2.24) is 0 Å². The summed E-state index contributed by atoms with van der Waals surface area (Å²) in [4.78, 5) is 31.2. The second kappa shape index (κ2) is 9.14. The molecule has 2 aromatic rings. The van der Waals surface area contributed by atoms with E-state index in [1.165, 1.54) is 9.79 Å². The number of thioether (sulfide) groups is 2. The predicted octanol–water partition coefficient (Wildman–Crippen LogP) is 5.85. The van der Waals surface area contributed by atoms with Crippen LogP contribution in [0, 0.1) is 0 Å². The van der Waals surface area contributed by atoms with Gasteiger partial charge in [0.1, 0.15) is 0 Å². The van der Waals surface area contributed by atoms with Crippen LogP contribution in [0.15, 0.2) is 80.5 Å². The normalized spacial score (nSPS) is 17.5. The minimum absolute atomic E-state index is 0.115. The number of para-hydroxylation sites is 2. The molecule has 0 fully saturated rings. The summed E-state index contributed by atoms with van der Waals surface area (Å²) in [6.45, 7) is 0. The Hall–Kier alpha value is -2.44. The first-order chi connectivity index (χ1) is 14.5. The molecule has 0 atom stereocenters. The third-order valence-electron chi connectivity index (χ3n) is 5.21. The van der Waals surface area contributed by atoms with Gasteiger partial charge in [-0.15, -0.1) is 0 Å². The zero-order valence-corrected chi connectivity index (χ0v) is 18.8. The highest BCUT2D eigenvalue weighted by atomic mass is 32.2. The van der Waals surface area contributed by atoms with Gasteiger partial charge in [0, 0.05) is 48.9 Å². The molecule has 0 N–H and O–H groups in total. The molecule has 0 bridgehead atoms. The summed E-state index contributed by atoms with van der Waals surface area (Å²) in [6, 6.07) is 16.3. The Balaban J connectivity index is 1.23. The fourth-order valence-corrected chi connectivity index (χ4v) is 5.73. The monoisotopic (exact) mass is 436 g/mol. The molecule has 0 amide bonds. The average molecular weight is 437 g/mol. The van der Waals surface area contributed by atoms with Gasteiger partial charge >= 0.3 is 0 Å². The highest BCUT2D eigenvalue weighted by Gasteiger charge is 2.23. The Kier molecular flexibility index (Phi) is 6.35. The van der Waals surface area contributed by atoms with E-state index >= 15 is 0 Å². The maximum absolute atomic E-state index is 12.4. The lowest BCUT2D eigenvalue weighted by Gasteiger charge is -2.13. The van der Waals surface area contributed by atoms with Gasteiger partial charge in [0.15, 0.2) is 11.6 Å². The Morgan fingerprint density at radius 1 is 0.733 bits per heavy atom. The number of rotatable bonds is 7. The molecule has 6 heteroatoms. The number of hydrogen-bond donors (Lipinski definition) is 0. The number of anilines is 2. The van der Waals surface area contributed by atoms with Crippen molar-refractivity contribution >= 4 is 46.5 Å². The number of fused-ring (bicyclic) bond motifs is 2. The van der Waals surface area contributed by atoms with Crippen molar-refractivity contribution in [2.75, 3.05) is 23.9 Å². The quantitative estimate of drug-likeness (QED) is 0.400. The molecular formula is C24H24N2O2S2. The van der Waals surface area contributed by atoms with Crippen LogP contribution >= 0.6 is 23.5 Å². The van der Waals surface area contributed by atoms with Gasteiger partial charge in [-0.25, -0.2) is 0 Å². The third kappa shape index (κ3) is 4.50. The first kappa shape index (κ1) is 20.8. The van der Waals surface area contributed by atoms with Crippen LogP contribution in [0.3, 0.4) is 0 Å². The van der Waals surface area contributed by atoms with Crippen molar-refractivity contribution in [2.45, 2.75) is 35.5 Å². The number of hydrogen-bond acceptors (Lipinski definition) is 6. The summed E-state index contributed by atoms with van der Waals surface area (Å²) in [7, 11) is 3.97. The van der Waals surface area contributed by atoms with Gasteiger partial charge in [-0.05, 0) is 37.1 Å². The van der Waals surface area contributed by atoms with Gasteiger partial charge < -0.3 is 9.80 Å². The predicted molar refractivity (Wildman–Crippen MR) is 126 cm³/mol. The summed E-state index contributed by atoms with van der Waals surface area (Å²) < 4.78 is 0. The van der Waals surface area contributed by atoms with Crippen LogP contribution in [0.25, 0.3) is 0 Å². The van der Waals surface area contributed by atoms with E-state index < -0.39 is 0 Å². The van der Waals surface area contributed by atoms with Crippen molar-refractivity contribution in [3.05, 3.63) is 70.7 Å². The van der Waals surface area contributed by atoms with E-state index in [0.717, 1.165) is 34.3 Å². The Morgan fingerprint density at radius 3 is 1.53 bits per heavy atom. The van der Waals surface area contributed by atoms with Crippen molar-refractivity contribution in [2.24, 2.45) is 0 Å². The van der Waals surface area contributed by atoms with Crippen LogP contribution in [0.4, 0.5) is 11.4 Å². The second-order valence-electron chi connectivity index (χ2n) is 7.36. The zero-order chi connectivity index (χ0) is 21.1. The van der Waals surface area contributed by atoms with Gasteiger partial charge in [-0.3, -0.25) is 9.59 Å². The van der Waals surface area contributed by atoms with E-state index in [-0.39, 0.29) is 11.6 Å². The molecule has 2 heterocycles. The molecule has 2 aromatic carbocycles. The van der Waals surface area contributed by atoms with Crippen molar-refractivity contribution < 1.29 is 9.59 Å². The number of carbonyl (C=O) groups excluding carboxylic acids is 2. The number of unbranched alkanes of at least 4 members (excludes halogenated alkanes) is 1. The molecule has 0 radical (unpaired) electrons. The van der Waals surface area contributed by atoms with E-state index in [2.05, 4.69) is 34.1 Å². The molecule has 2 aliphatic rings. The zero-order valence-electron chi connectivity index (χ0n) is 17.1. The van der Waals surface area contributed by atoms with E-state index in [4.69, 9.17) is 0 Å². The number of carbonyl (C=O) groups is 2. The fourth-order valence-electron chi connectivity index (χ4n) is 3.51. The third-order valence-corrected chi connectivity index (χ3v) is 7.54. The molecular weight excluding hydrogens is 412 g/mol. The minimum Gasteiger partial charge on any atom is -0.338 e. The molecule has 4 rings (SSSR count). The van der Waals surface area contributed by atoms with E-state index in [1.54, 1.807) is 35.7 Å². The maximum Gasteiger partial charge on any atom is 0.158 e. The second-order valence-corrected chi connectivity index (χ2v) is 9.49. The van der Waals surface area contributed by atoms with Gasteiger partial charge in [0.05, 0.1) is 21.4 Å². The van der Waals surface area contributed by atoms with Crippen LogP contribution < -0.4 is 9.80 Å². The number of allylic oxidation sites excluding steroid dienone is 2. The molecule has 0 aromatic heterocycles. The molecule has 30 heavy (non-hydrogen) atoms. The standard InChI is InChI=1S/C24H24N2O2S2/c1-25-19-11-5-7-13-21(19)29-23(25)15-17(27)9-3-4-10-18(28)16-24-26(2)20-12-6-8-14-22(20)30-24/h5-8,11-16H,3-4,9-10H2,1-2H3/b23-15-,24-16-. The summed E-state index contributed by atoms with van der Waals surface area (Å²) in [5.74, 6) is 0.231. The maximum atomic E-state index is 12.4. The van der Waals surface area contributed by atoms with Crippen LogP contribution in [0.2, 0.25) is 0 Å². The molecule has 0 spiro atoms. The fraction of sp³-hybridized carbons (Fsp3) is 0.250. The molecule has 0 unspecified atom stereocenters. The van der Waals surface area contributed by atoms with Crippen LogP contribution in [-0.2, 0) is 9.59 Å². The SMILES string of the molecule is CN1/C(=C/C(=O)CCCCC(=O)/C=C2\Sc3ccccc3N2C)Sc2ccccc21. The van der Waals surface area contributed by atoms with E-state index in [9.17, 15) is 9.59 Å². The highest BCUT2D eigenvalue weighted by molar-refractivity contribution is 8.04. The number of benzene rings is 2. The number of nitrogens with zero attached hydrogens (tertiary/aromatic N) is 2. The molecule has 0 aliphatic carbocycles. The van der Waals surface area contributed by atoms with Crippen molar-refractivity contribution in [3.63, 3.8) is 0 Å². The van der Waals surface area contributed by atoms with Crippen LogP contribution in [0.5, 0.6) is 0 Å². The largest absolute Gasteiger partial charge is 0.338 e. The number of ketones is 2. The summed E-state index contributed by atoms with van der Waals surface area (Å²) in [6.07, 6.45) is 5.85. The van der Waals surface area contributed by atoms with E-state index in [0.29, 0.717) is 12.8 Å². The van der Waals surface area contributed by atoms with Gasteiger partial charge in [0.25, 0.3) is 0 Å². The van der Waals surface area contributed by atoms with Crippen LogP contribution in [-0.4, -0.2) is 25.7 Å². The average Bonchev–Trinajstić information content (AvgIpc) is 3.23. The Bertz CT molecular complexity index is 962. The lowest BCUT2D eigenvalue weighted by Crippen LogP contribution is -2.11. The smallest absolute Gasteiger partial charge is 0.158 e. The van der Waals surface area contributed by atoms with Crippen molar-refractivity contribution in [1.29, 1.82) is 0 Å². The first-order valence-corrected chi connectivity index (χ1v) is 11.7. The first-order valence-electron chi connectivity index (χ1n) is 10.0. The molecule has 0 saturated heterocycles. The summed E-state index contributed by atoms with van der Waals surface area (Å²) in [5.41, 5.74) is 2.27. The van der Waals surface area contributed by atoms with Crippen molar-refractivity contribution in [3.8, 4) is 0 Å². The summed E-state index contributed by atoms with van der Waals surface area (Å²) in [5, 5.41) is 1.92. The highest BCUT2D eigenvalue weighted by Crippen LogP contribution is 2.45. The lowest BCUT2D eigenvalue weighted by atomic mass is 10.1. The lowest BCUT2D eigenvalue weighted by molar-refractivity contribution is -0.116. The molecule has 2 aliphatic heterocycles. The van der Waals surface area contributed by atoms with Crippen LogP contribution in [0.1, 0.15) is 25.7 Å². The van der Waals surface area contributed by atoms with Gasteiger partial charge in [-0.2, -0.15) is 0 Å². The molecule has 154 valence electrons. The molecule has 4 nitrogen and oxygen atoms in total. The van der Waals surface area contributed by atoms with Gasteiger partial charge in [-0.1, -0.05) is 47.8 Å². The Labute approximate surface area is 186 Å².